The third-order valence-corrected chi connectivity index (χ3v) is 3.31. The van der Waals surface area contributed by atoms with Crippen molar-refractivity contribution in [3.05, 3.63) is 71.4 Å². The lowest BCUT2D eigenvalue weighted by Gasteiger charge is -2.08. The minimum atomic E-state index is 0.736. The van der Waals surface area contributed by atoms with E-state index in [4.69, 9.17) is 11.6 Å². The monoisotopic (exact) mass is 268 g/mol. The summed E-state index contributed by atoms with van der Waals surface area (Å²) in [7, 11) is 0. The Hall–Kier alpha value is -2.06. The van der Waals surface area contributed by atoms with E-state index in [1.165, 1.54) is 0 Å². The smallest absolute Gasteiger partial charge is 0.0758 e. The van der Waals surface area contributed by atoms with Crippen LogP contribution in [0.25, 0.3) is 16.9 Å². The quantitative estimate of drug-likeness (QED) is 0.669. The summed E-state index contributed by atoms with van der Waals surface area (Å²) in [6, 6.07) is 19.9. The van der Waals surface area contributed by atoms with Gasteiger partial charge in [-0.25, -0.2) is 4.68 Å². The number of hydrogen-bond donors (Lipinski definition) is 0. The lowest BCUT2D eigenvalue weighted by atomic mass is 10.1. The van der Waals surface area contributed by atoms with Gasteiger partial charge in [0.2, 0.25) is 0 Å². The third kappa shape index (κ3) is 2.27. The van der Waals surface area contributed by atoms with E-state index in [2.05, 4.69) is 5.10 Å². The largest absolute Gasteiger partial charge is 0.233 e. The summed E-state index contributed by atoms with van der Waals surface area (Å²) in [6.45, 7) is 1.99. The summed E-state index contributed by atoms with van der Waals surface area (Å²) in [5.41, 5.74) is 4.01. The SMILES string of the molecule is Cc1cc(-c2ccccc2Cl)n(-c2ccccc2)n1. The van der Waals surface area contributed by atoms with Gasteiger partial charge in [-0.05, 0) is 31.2 Å². The molecule has 2 nitrogen and oxygen atoms in total. The molecular weight excluding hydrogens is 256 g/mol. The van der Waals surface area contributed by atoms with Crippen LogP contribution in [0.3, 0.4) is 0 Å². The van der Waals surface area contributed by atoms with Gasteiger partial charge in [0.25, 0.3) is 0 Å². The van der Waals surface area contributed by atoms with Crippen LogP contribution in [0, 0.1) is 6.92 Å². The second-order valence-electron chi connectivity index (χ2n) is 4.40. The number of nitrogens with zero attached hydrogens (tertiary/aromatic N) is 2. The summed E-state index contributed by atoms with van der Waals surface area (Å²) in [6.07, 6.45) is 0. The number of halogens is 1. The molecule has 0 bridgehead atoms. The number of rotatable bonds is 2. The molecular formula is C16H13ClN2. The molecule has 1 heterocycles. The highest BCUT2D eigenvalue weighted by Gasteiger charge is 2.11. The molecule has 0 saturated heterocycles. The highest BCUT2D eigenvalue weighted by Crippen LogP contribution is 2.29. The Morgan fingerprint density at radius 1 is 0.947 bits per heavy atom. The minimum Gasteiger partial charge on any atom is -0.233 e. The molecule has 0 aliphatic heterocycles. The molecule has 0 saturated carbocycles. The van der Waals surface area contributed by atoms with E-state index >= 15 is 0 Å². The van der Waals surface area contributed by atoms with Crippen LogP contribution in [0.15, 0.2) is 60.7 Å². The van der Waals surface area contributed by atoms with Gasteiger partial charge in [0.1, 0.15) is 0 Å². The number of benzene rings is 2. The maximum atomic E-state index is 6.29. The van der Waals surface area contributed by atoms with Gasteiger partial charge in [-0.15, -0.1) is 0 Å². The standard InChI is InChI=1S/C16H13ClN2/c1-12-11-16(14-9-5-6-10-15(14)17)19(18-12)13-7-3-2-4-8-13/h2-11H,1H3. The van der Waals surface area contributed by atoms with Crippen molar-refractivity contribution in [2.24, 2.45) is 0 Å². The second kappa shape index (κ2) is 4.90. The molecule has 0 radical (unpaired) electrons. The normalized spacial score (nSPS) is 10.6. The number of aromatic nitrogens is 2. The maximum Gasteiger partial charge on any atom is 0.0758 e. The molecule has 3 aromatic rings. The molecule has 0 aliphatic rings. The molecule has 0 amide bonds. The first-order chi connectivity index (χ1) is 9.25. The lowest BCUT2D eigenvalue weighted by Crippen LogP contribution is -1.99. The van der Waals surface area contributed by atoms with Gasteiger partial charge in [-0.3, -0.25) is 0 Å². The van der Waals surface area contributed by atoms with E-state index in [1.54, 1.807) is 0 Å². The third-order valence-electron chi connectivity index (χ3n) is 2.98. The average molecular weight is 269 g/mol. The highest BCUT2D eigenvalue weighted by molar-refractivity contribution is 6.33. The zero-order chi connectivity index (χ0) is 13.2. The van der Waals surface area contributed by atoms with E-state index in [9.17, 15) is 0 Å². The maximum absolute atomic E-state index is 6.29. The van der Waals surface area contributed by atoms with Crippen molar-refractivity contribution in [1.29, 1.82) is 0 Å². The molecule has 0 spiro atoms. The van der Waals surface area contributed by atoms with Crippen molar-refractivity contribution in [2.75, 3.05) is 0 Å². The van der Waals surface area contributed by atoms with Gasteiger partial charge in [-0.1, -0.05) is 48.0 Å². The fourth-order valence-corrected chi connectivity index (χ4v) is 2.36. The van der Waals surface area contributed by atoms with Gasteiger partial charge in [0, 0.05) is 10.6 Å². The van der Waals surface area contributed by atoms with Crippen LogP contribution < -0.4 is 0 Å². The van der Waals surface area contributed by atoms with E-state index < -0.39 is 0 Å². The van der Waals surface area contributed by atoms with Crippen molar-refractivity contribution in [3.63, 3.8) is 0 Å². The predicted octanol–water partition coefficient (Wildman–Crippen LogP) is 4.50. The highest BCUT2D eigenvalue weighted by atomic mass is 35.5. The second-order valence-corrected chi connectivity index (χ2v) is 4.81. The van der Waals surface area contributed by atoms with Crippen molar-refractivity contribution >= 4 is 11.6 Å². The Morgan fingerprint density at radius 3 is 2.37 bits per heavy atom. The Balaban J connectivity index is 2.21. The van der Waals surface area contributed by atoms with Crippen molar-refractivity contribution in [3.8, 4) is 16.9 Å². The zero-order valence-electron chi connectivity index (χ0n) is 10.5. The first-order valence-corrected chi connectivity index (χ1v) is 6.50. The van der Waals surface area contributed by atoms with Crippen molar-refractivity contribution in [2.45, 2.75) is 6.92 Å². The van der Waals surface area contributed by atoms with Crippen molar-refractivity contribution in [1.82, 2.24) is 9.78 Å². The van der Waals surface area contributed by atoms with Gasteiger partial charge < -0.3 is 0 Å². The fraction of sp³-hybridized carbons (Fsp3) is 0.0625. The summed E-state index contributed by atoms with van der Waals surface area (Å²) in [5.74, 6) is 0. The Labute approximate surface area is 117 Å². The van der Waals surface area contributed by atoms with Crippen molar-refractivity contribution < 1.29 is 0 Å². The summed E-state index contributed by atoms with van der Waals surface area (Å²) >= 11 is 6.29. The first-order valence-electron chi connectivity index (χ1n) is 6.13. The van der Waals surface area contributed by atoms with Gasteiger partial charge >= 0.3 is 0 Å². The molecule has 3 heteroatoms. The topological polar surface area (TPSA) is 17.8 Å². The zero-order valence-corrected chi connectivity index (χ0v) is 11.3. The molecule has 0 fully saturated rings. The van der Waals surface area contributed by atoms with E-state index in [-0.39, 0.29) is 0 Å². The summed E-state index contributed by atoms with van der Waals surface area (Å²) in [4.78, 5) is 0. The van der Waals surface area contributed by atoms with Crippen LogP contribution in [-0.2, 0) is 0 Å². The molecule has 1 aromatic heterocycles. The molecule has 0 aliphatic carbocycles. The van der Waals surface area contributed by atoms with Gasteiger partial charge in [0.05, 0.1) is 17.1 Å². The molecule has 3 rings (SSSR count). The lowest BCUT2D eigenvalue weighted by molar-refractivity contribution is 0.869. The van der Waals surface area contributed by atoms with E-state index in [1.807, 2.05) is 72.3 Å². The van der Waals surface area contributed by atoms with E-state index in [0.717, 1.165) is 27.7 Å². The van der Waals surface area contributed by atoms with Gasteiger partial charge in [-0.2, -0.15) is 5.10 Å². The Bertz CT molecular complexity index is 702. The van der Waals surface area contributed by atoms with Crippen LogP contribution in [0.4, 0.5) is 0 Å². The van der Waals surface area contributed by atoms with E-state index in [0.29, 0.717) is 0 Å². The Kier molecular flexibility index (Phi) is 3.10. The first kappa shape index (κ1) is 12.0. The van der Waals surface area contributed by atoms with Crippen LogP contribution in [0.5, 0.6) is 0 Å². The summed E-state index contributed by atoms with van der Waals surface area (Å²) in [5, 5.41) is 5.29. The van der Waals surface area contributed by atoms with Gasteiger partial charge in [0.15, 0.2) is 0 Å². The molecule has 19 heavy (non-hydrogen) atoms. The average Bonchev–Trinajstić information content (AvgIpc) is 2.82. The van der Waals surface area contributed by atoms with Crippen LogP contribution >= 0.6 is 11.6 Å². The molecule has 94 valence electrons. The number of hydrogen-bond acceptors (Lipinski definition) is 1. The minimum absolute atomic E-state index is 0.736. The molecule has 0 unspecified atom stereocenters. The van der Waals surface area contributed by atoms with Crippen LogP contribution in [0.1, 0.15) is 5.69 Å². The molecule has 0 N–H and O–H groups in total. The van der Waals surface area contributed by atoms with Crippen LogP contribution in [0.2, 0.25) is 5.02 Å². The molecule has 2 aromatic carbocycles. The van der Waals surface area contributed by atoms with Crippen LogP contribution in [-0.4, -0.2) is 9.78 Å². The number of aryl methyl sites for hydroxylation is 1. The fourth-order valence-electron chi connectivity index (χ4n) is 2.13. The molecule has 0 atom stereocenters. The predicted molar refractivity (Wildman–Crippen MR) is 78.7 cm³/mol. The Morgan fingerprint density at radius 2 is 1.63 bits per heavy atom. The number of para-hydroxylation sites is 1. The summed E-state index contributed by atoms with van der Waals surface area (Å²) < 4.78 is 1.93.